The van der Waals surface area contributed by atoms with Gasteiger partial charge in [-0.15, -0.1) is 0 Å². The van der Waals surface area contributed by atoms with Gasteiger partial charge in [-0.25, -0.2) is 0 Å². The van der Waals surface area contributed by atoms with Gasteiger partial charge in [-0.2, -0.15) is 0 Å². The molecule has 0 radical (unpaired) electrons. The lowest BCUT2D eigenvalue weighted by Crippen LogP contribution is -2.11. The Hall–Kier alpha value is -10.9. The lowest BCUT2D eigenvalue weighted by atomic mass is 10.00. The summed E-state index contributed by atoms with van der Waals surface area (Å²) in [6.07, 6.45) is 0. The van der Waals surface area contributed by atoms with Crippen LogP contribution in [0.1, 0.15) is 0 Å². The standard InChI is InChI=1S/C76H49N5/c1-4-22-56(23-5-1)77(63-46-54-38-36-50-18-16-34-69-73(50)75(54)71(48-63)80(69)57-24-6-2-7-25-57)61-28-14-20-52(44-61)53-21-15-29-62(45-53)78(59-40-42-60(43-41-59)79-67-32-12-10-30-65(67)66-31-11-13-33-68(66)79)64-47-55-39-37-51-19-17-35-70-74(51)76(55)72(49-64)81(70)58-26-8-3-9-27-58/h1-49H. The molecular weight excluding hydrogens is 983 g/mol. The fourth-order valence-corrected chi connectivity index (χ4v) is 13.4. The fraction of sp³-hybridized carbons (Fsp3) is 0. The molecule has 5 heteroatoms. The molecule has 0 spiro atoms. The topological polar surface area (TPSA) is 21.3 Å². The molecule has 0 aliphatic carbocycles. The van der Waals surface area contributed by atoms with Gasteiger partial charge < -0.3 is 23.5 Å². The van der Waals surface area contributed by atoms with Crippen molar-refractivity contribution in [3.8, 4) is 28.2 Å². The molecule has 0 aliphatic rings. The molecule has 0 saturated heterocycles. The highest BCUT2D eigenvalue weighted by Crippen LogP contribution is 2.47. The minimum absolute atomic E-state index is 1.06. The van der Waals surface area contributed by atoms with Gasteiger partial charge >= 0.3 is 0 Å². The molecule has 0 aliphatic heterocycles. The zero-order chi connectivity index (χ0) is 53.1. The van der Waals surface area contributed by atoms with Gasteiger partial charge in [0.05, 0.1) is 33.1 Å². The molecule has 0 bridgehead atoms. The molecule has 0 atom stereocenters. The molecule has 378 valence electrons. The van der Waals surface area contributed by atoms with Crippen LogP contribution in [0.5, 0.6) is 0 Å². The van der Waals surface area contributed by atoms with E-state index in [-0.39, 0.29) is 0 Å². The molecule has 0 saturated carbocycles. The second kappa shape index (κ2) is 17.8. The number of hydrogen-bond acceptors (Lipinski definition) is 2. The van der Waals surface area contributed by atoms with Crippen molar-refractivity contribution in [3.05, 3.63) is 297 Å². The maximum atomic E-state index is 2.44. The Kier molecular flexibility index (Phi) is 9.94. The van der Waals surface area contributed by atoms with Crippen molar-refractivity contribution in [2.24, 2.45) is 0 Å². The molecule has 0 N–H and O–H groups in total. The van der Waals surface area contributed by atoms with Crippen LogP contribution in [0.4, 0.5) is 34.1 Å². The van der Waals surface area contributed by atoms with Crippen LogP contribution in [0.2, 0.25) is 0 Å². The average Bonchev–Trinajstić information content (AvgIpc) is 4.35. The van der Waals surface area contributed by atoms with Crippen LogP contribution in [-0.4, -0.2) is 13.7 Å². The van der Waals surface area contributed by atoms with Gasteiger partial charge in [0.2, 0.25) is 0 Å². The van der Waals surface area contributed by atoms with Gasteiger partial charge in [0, 0.05) is 83.5 Å². The van der Waals surface area contributed by atoms with E-state index in [1.54, 1.807) is 0 Å². The number of hydrogen-bond donors (Lipinski definition) is 0. The van der Waals surface area contributed by atoms with Crippen molar-refractivity contribution in [3.63, 3.8) is 0 Å². The molecule has 0 amide bonds. The van der Waals surface area contributed by atoms with E-state index in [1.807, 2.05) is 0 Å². The fourth-order valence-electron chi connectivity index (χ4n) is 13.4. The third-order valence-electron chi connectivity index (χ3n) is 16.8. The molecule has 17 rings (SSSR count). The summed E-state index contributed by atoms with van der Waals surface area (Å²) in [5.74, 6) is 0. The largest absolute Gasteiger partial charge is 0.310 e. The first-order valence-electron chi connectivity index (χ1n) is 27.8. The van der Waals surface area contributed by atoms with Crippen LogP contribution >= 0.6 is 0 Å². The second-order valence-corrected chi connectivity index (χ2v) is 21.3. The third kappa shape index (κ3) is 6.99. The Labute approximate surface area is 467 Å². The van der Waals surface area contributed by atoms with Crippen molar-refractivity contribution < 1.29 is 0 Å². The van der Waals surface area contributed by atoms with Gasteiger partial charge in [0.1, 0.15) is 0 Å². The third-order valence-corrected chi connectivity index (χ3v) is 16.8. The Morgan fingerprint density at radius 1 is 0.198 bits per heavy atom. The quantitative estimate of drug-likeness (QED) is 0.127. The Morgan fingerprint density at radius 3 is 1.05 bits per heavy atom. The Bertz CT molecular complexity index is 5170. The van der Waals surface area contributed by atoms with Crippen LogP contribution in [0.3, 0.4) is 0 Å². The number of benzene rings is 14. The average molecular weight is 1030 g/mol. The molecule has 3 heterocycles. The zero-order valence-corrected chi connectivity index (χ0v) is 44.0. The predicted molar refractivity (Wildman–Crippen MR) is 342 cm³/mol. The Morgan fingerprint density at radius 2 is 0.556 bits per heavy atom. The van der Waals surface area contributed by atoms with Crippen LogP contribution < -0.4 is 9.80 Å². The second-order valence-electron chi connectivity index (χ2n) is 21.3. The summed E-state index contributed by atoms with van der Waals surface area (Å²) < 4.78 is 7.27. The molecule has 3 aromatic heterocycles. The monoisotopic (exact) mass is 1030 g/mol. The molecular formula is C76H49N5. The highest BCUT2D eigenvalue weighted by atomic mass is 15.2. The first-order valence-corrected chi connectivity index (χ1v) is 27.8. The van der Waals surface area contributed by atoms with E-state index in [2.05, 4.69) is 321 Å². The van der Waals surface area contributed by atoms with Crippen LogP contribution in [0.25, 0.3) is 115 Å². The number of nitrogens with zero attached hydrogens (tertiary/aromatic N) is 5. The minimum atomic E-state index is 1.06. The summed E-state index contributed by atoms with van der Waals surface area (Å²) in [7, 11) is 0. The normalized spacial score (nSPS) is 12.0. The van der Waals surface area contributed by atoms with E-state index < -0.39 is 0 Å². The van der Waals surface area contributed by atoms with Gasteiger partial charge in [0.15, 0.2) is 0 Å². The molecule has 5 nitrogen and oxygen atoms in total. The van der Waals surface area contributed by atoms with Crippen molar-refractivity contribution in [1.29, 1.82) is 0 Å². The van der Waals surface area contributed by atoms with Crippen molar-refractivity contribution in [1.82, 2.24) is 13.7 Å². The molecule has 0 fully saturated rings. The molecule has 81 heavy (non-hydrogen) atoms. The summed E-state index contributed by atoms with van der Waals surface area (Å²) in [6.45, 7) is 0. The summed E-state index contributed by atoms with van der Waals surface area (Å²) in [6, 6.07) is 109. The van der Waals surface area contributed by atoms with Crippen LogP contribution in [0, 0.1) is 0 Å². The first kappa shape index (κ1) is 45.2. The van der Waals surface area contributed by atoms with E-state index in [1.165, 1.54) is 87.0 Å². The maximum Gasteiger partial charge on any atom is 0.0568 e. The van der Waals surface area contributed by atoms with E-state index >= 15 is 0 Å². The number of anilines is 6. The van der Waals surface area contributed by atoms with Gasteiger partial charge in [-0.3, -0.25) is 0 Å². The van der Waals surface area contributed by atoms with E-state index in [4.69, 9.17) is 0 Å². The number of para-hydroxylation sites is 5. The molecule has 17 aromatic rings. The van der Waals surface area contributed by atoms with Gasteiger partial charge in [-0.05, 0) is 166 Å². The summed E-state index contributed by atoms with van der Waals surface area (Å²) in [5.41, 5.74) is 19.2. The highest BCUT2D eigenvalue weighted by molar-refractivity contribution is 6.26. The van der Waals surface area contributed by atoms with Gasteiger partial charge in [-0.1, -0.05) is 164 Å². The van der Waals surface area contributed by atoms with E-state index in [0.717, 1.165) is 62.3 Å². The number of rotatable bonds is 10. The molecule has 0 unspecified atom stereocenters. The lowest BCUT2D eigenvalue weighted by Gasteiger charge is -2.28. The number of fused-ring (bicyclic) bond motifs is 3. The SMILES string of the molecule is c1ccc(N(c2cccc(-c3cccc(N(c4ccc(-n5c6ccccc6c6ccccc65)cc4)c4cc5ccc6cccc7c6c5c(c4)n7-c4ccccc4)c3)c2)c2cc3ccc4cccc5c4c3c(c2)n5-c2ccccc2)cc1. The zero-order valence-electron chi connectivity index (χ0n) is 44.0. The summed E-state index contributed by atoms with van der Waals surface area (Å²) in [4.78, 5) is 4.85. The summed E-state index contributed by atoms with van der Waals surface area (Å²) in [5, 5.41) is 12.5. The summed E-state index contributed by atoms with van der Waals surface area (Å²) >= 11 is 0. The first-order chi connectivity index (χ1) is 40.2. The maximum absolute atomic E-state index is 2.44. The van der Waals surface area contributed by atoms with E-state index in [9.17, 15) is 0 Å². The highest BCUT2D eigenvalue weighted by Gasteiger charge is 2.24. The van der Waals surface area contributed by atoms with E-state index in [0.29, 0.717) is 0 Å². The van der Waals surface area contributed by atoms with Crippen molar-refractivity contribution in [2.75, 3.05) is 9.80 Å². The number of aromatic nitrogens is 3. The lowest BCUT2D eigenvalue weighted by molar-refractivity contribution is 1.17. The molecule has 14 aromatic carbocycles. The minimum Gasteiger partial charge on any atom is -0.310 e. The van der Waals surface area contributed by atoms with Crippen LogP contribution in [0.15, 0.2) is 297 Å². The predicted octanol–water partition coefficient (Wildman–Crippen LogP) is 20.8. The van der Waals surface area contributed by atoms with Crippen molar-refractivity contribution in [2.45, 2.75) is 0 Å². The Balaban J connectivity index is 0.840. The van der Waals surface area contributed by atoms with Crippen LogP contribution in [-0.2, 0) is 0 Å². The van der Waals surface area contributed by atoms with Crippen molar-refractivity contribution >= 4 is 121 Å². The van der Waals surface area contributed by atoms with Gasteiger partial charge in [0.25, 0.3) is 0 Å². The smallest absolute Gasteiger partial charge is 0.0568 e.